The van der Waals surface area contributed by atoms with E-state index < -0.39 is 17.5 Å². The first kappa shape index (κ1) is 18.4. The van der Waals surface area contributed by atoms with Crippen molar-refractivity contribution in [2.75, 3.05) is 7.11 Å². The molecule has 0 aliphatic carbocycles. The molecule has 3 aromatic rings. The summed E-state index contributed by atoms with van der Waals surface area (Å²) in [6.45, 7) is 1.53. The molecule has 138 valence electrons. The molecule has 0 aliphatic rings. The number of ether oxygens (including phenoxy) is 1. The molecule has 4 nitrogen and oxygen atoms in total. The Labute approximate surface area is 154 Å². The average molecular weight is 369 g/mol. The van der Waals surface area contributed by atoms with Crippen LogP contribution >= 0.6 is 0 Å². The molecule has 0 atom stereocenters. The number of hydrogen-bond donors (Lipinski definition) is 2. The van der Waals surface area contributed by atoms with Crippen LogP contribution in [0.2, 0.25) is 0 Å². The number of halogens is 2. The fraction of sp³-hybridized carbons (Fsp3) is 0.0952. The average Bonchev–Trinajstić information content (AvgIpc) is 2.64. The van der Waals surface area contributed by atoms with Crippen LogP contribution in [0.4, 0.5) is 8.78 Å². The van der Waals surface area contributed by atoms with E-state index in [-0.39, 0.29) is 28.0 Å². The summed E-state index contributed by atoms with van der Waals surface area (Å²) in [5.74, 6) is -1.76. The fourth-order valence-electron chi connectivity index (χ4n) is 3.06. The SMILES string of the molecule is COc1cc(C(N)=O)c(-c2c(F)ccc(O)c2C)c(-c2cccc(F)c2)c1. The van der Waals surface area contributed by atoms with E-state index in [1.165, 1.54) is 44.4 Å². The van der Waals surface area contributed by atoms with E-state index in [2.05, 4.69) is 0 Å². The first-order valence-electron chi connectivity index (χ1n) is 8.09. The van der Waals surface area contributed by atoms with Gasteiger partial charge in [-0.05, 0) is 54.4 Å². The molecule has 3 N–H and O–H groups in total. The van der Waals surface area contributed by atoms with Crippen molar-refractivity contribution in [3.05, 3.63) is 71.3 Å². The molecular formula is C21H17F2NO3. The van der Waals surface area contributed by atoms with Gasteiger partial charge in [-0.2, -0.15) is 0 Å². The lowest BCUT2D eigenvalue weighted by molar-refractivity contribution is 0.100. The second kappa shape index (κ2) is 7.07. The van der Waals surface area contributed by atoms with Gasteiger partial charge in [0.15, 0.2) is 0 Å². The third-order valence-electron chi connectivity index (χ3n) is 4.38. The number of benzene rings is 3. The fourth-order valence-corrected chi connectivity index (χ4v) is 3.06. The zero-order chi connectivity index (χ0) is 19.7. The number of hydrogen-bond acceptors (Lipinski definition) is 3. The highest BCUT2D eigenvalue weighted by Crippen LogP contribution is 2.42. The van der Waals surface area contributed by atoms with E-state index in [0.717, 1.165) is 6.07 Å². The molecular weight excluding hydrogens is 352 g/mol. The van der Waals surface area contributed by atoms with Gasteiger partial charge in [-0.1, -0.05) is 12.1 Å². The van der Waals surface area contributed by atoms with Crippen LogP contribution in [0.3, 0.4) is 0 Å². The minimum absolute atomic E-state index is 0.00112. The van der Waals surface area contributed by atoms with Gasteiger partial charge in [0, 0.05) is 16.7 Å². The molecule has 6 heteroatoms. The van der Waals surface area contributed by atoms with Gasteiger partial charge < -0.3 is 15.6 Å². The normalized spacial score (nSPS) is 10.7. The minimum atomic E-state index is -0.802. The maximum Gasteiger partial charge on any atom is 0.249 e. The topological polar surface area (TPSA) is 72.5 Å². The number of primary amides is 1. The number of amides is 1. The van der Waals surface area contributed by atoms with Crippen LogP contribution in [0, 0.1) is 18.6 Å². The van der Waals surface area contributed by atoms with Gasteiger partial charge in [-0.15, -0.1) is 0 Å². The molecule has 27 heavy (non-hydrogen) atoms. The Kier molecular flexibility index (Phi) is 4.81. The standard InChI is InChI=1S/C21H17F2NO3/c1-11-18(25)7-6-17(23)19(11)20-15(12-4-3-5-13(22)8-12)9-14(27-2)10-16(20)21(24)26/h3-10,25H,1-2H3,(H2,24,26). The molecule has 0 spiro atoms. The molecule has 3 aromatic carbocycles. The zero-order valence-corrected chi connectivity index (χ0v) is 14.7. The van der Waals surface area contributed by atoms with Crippen molar-refractivity contribution in [2.45, 2.75) is 6.92 Å². The van der Waals surface area contributed by atoms with Gasteiger partial charge >= 0.3 is 0 Å². The van der Waals surface area contributed by atoms with E-state index in [4.69, 9.17) is 10.5 Å². The summed E-state index contributed by atoms with van der Waals surface area (Å²) in [5.41, 5.74) is 6.73. The second-order valence-corrected chi connectivity index (χ2v) is 6.04. The Morgan fingerprint density at radius 3 is 2.44 bits per heavy atom. The maximum absolute atomic E-state index is 14.7. The summed E-state index contributed by atoms with van der Waals surface area (Å²) < 4.78 is 33.8. The molecule has 0 heterocycles. The van der Waals surface area contributed by atoms with Gasteiger partial charge in [0.05, 0.1) is 12.7 Å². The van der Waals surface area contributed by atoms with E-state index in [9.17, 15) is 18.7 Å². The van der Waals surface area contributed by atoms with Crippen molar-refractivity contribution in [3.8, 4) is 33.8 Å². The number of phenols is 1. The van der Waals surface area contributed by atoms with E-state index in [0.29, 0.717) is 16.9 Å². The maximum atomic E-state index is 14.7. The van der Waals surface area contributed by atoms with Crippen molar-refractivity contribution in [3.63, 3.8) is 0 Å². The number of methoxy groups -OCH3 is 1. The lowest BCUT2D eigenvalue weighted by Crippen LogP contribution is -2.14. The highest BCUT2D eigenvalue weighted by atomic mass is 19.1. The predicted octanol–water partition coefficient (Wildman–Crippen LogP) is 4.42. The van der Waals surface area contributed by atoms with Gasteiger partial charge in [0.25, 0.3) is 0 Å². The molecule has 0 fully saturated rings. The van der Waals surface area contributed by atoms with Gasteiger partial charge in [0.1, 0.15) is 23.1 Å². The Bertz CT molecular complexity index is 1050. The van der Waals surface area contributed by atoms with Crippen LogP contribution in [0.15, 0.2) is 48.5 Å². The molecule has 0 unspecified atom stereocenters. The van der Waals surface area contributed by atoms with Crippen molar-refractivity contribution in [2.24, 2.45) is 5.73 Å². The van der Waals surface area contributed by atoms with Crippen LogP contribution < -0.4 is 10.5 Å². The van der Waals surface area contributed by atoms with E-state index in [1.807, 2.05) is 0 Å². The van der Waals surface area contributed by atoms with Crippen LogP contribution in [0.1, 0.15) is 15.9 Å². The Morgan fingerprint density at radius 1 is 1.07 bits per heavy atom. The highest BCUT2D eigenvalue weighted by molar-refractivity contribution is 6.05. The van der Waals surface area contributed by atoms with Crippen molar-refractivity contribution in [1.82, 2.24) is 0 Å². The molecule has 0 saturated heterocycles. The van der Waals surface area contributed by atoms with E-state index in [1.54, 1.807) is 12.1 Å². The van der Waals surface area contributed by atoms with Gasteiger partial charge in [0.2, 0.25) is 5.91 Å². The summed E-state index contributed by atoms with van der Waals surface area (Å²) in [7, 11) is 1.41. The summed E-state index contributed by atoms with van der Waals surface area (Å²) in [5, 5.41) is 10.1. The summed E-state index contributed by atoms with van der Waals surface area (Å²) >= 11 is 0. The smallest absolute Gasteiger partial charge is 0.249 e. The molecule has 0 radical (unpaired) electrons. The van der Waals surface area contributed by atoms with Crippen LogP contribution in [0.5, 0.6) is 11.5 Å². The molecule has 0 bridgehead atoms. The van der Waals surface area contributed by atoms with Crippen LogP contribution in [0.25, 0.3) is 22.3 Å². The Hall–Kier alpha value is -3.41. The van der Waals surface area contributed by atoms with E-state index >= 15 is 0 Å². The second-order valence-electron chi connectivity index (χ2n) is 6.04. The highest BCUT2D eigenvalue weighted by Gasteiger charge is 2.23. The summed E-state index contributed by atoms with van der Waals surface area (Å²) in [4.78, 5) is 12.1. The molecule has 1 amide bonds. The lowest BCUT2D eigenvalue weighted by atomic mass is 9.87. The third kappa shape index (κ3) is 3.33. The lowest BCUT2D eigenvalue weighted by Gasteiger charge is -2.19. The number of phenolic OH excluding ortho intramolecular Hbond substituents is 1. The minimum Gasteiger partial charge on any atom is -0.508 e. The monoisotopic (exact) mass is 369 g/mol. The number of aromatic hydroxyl groups is 1. The molecule has 3 rings (SSSR count). The number of carbonyl (C=O) groups excluding carboxylic acids is 1. The number of nitrogens with two attached hydrogens (primary N) is 1. The first-order valence-corrected chi connectivity index (χ1v) is 8.09. The molecule has 0 aliphatic heterocycles. The number of rotatable bonds is 4. The predicted molar refractivity (Wildman–Crippen MR) is 98.7 cm³/mol. The van der Waals surface area contributed by atoms with Crippen molar-refractivity contribution in [1.29, 1.82) is 0 Å². The Morgan fingerprint density at radius 2 is 1.81 bits per heavy atom. The summed E-state index contributed by atoms with van der Waals surface area (Å²) in [6, 6.07) is 11.0. The van der Waals surface area contributed by atoms with Gasteiger partial charge in [-0.3, -0.25) is 4.79 Å². The largest absolute Gasteiger partial charge is 0.508 e. The first-order chi connectivity index (χ1) is 12.8. The van der Waals surface area contributed by atoms with Crippen molar-refractivity contribution >= 4 is 5.91 Å². The zero-order valence-electron chi connectivity index (χ0n) is 14.7. The van der Waals surface area contributed by atoms with Crippen molar-refractivity contribution < 1.29 is 23.4 Å². The number of carbonyl (C=O) groups is 1. The summed E-state index contributed by atoms with van der Waals surface area (Å²) in [6.07, 6.45) is 0. The molecule has 0 aromatic heterocycles. The Balaban J connectivity index is 2.49. The van der Waals surface area contributed by atoms with Crippen LogP contribution in [-0.2, 0) is 0 Å². The van der Waals surface area contributed by atoms with Crippen LogP contribution in [-0.4, -0.2) is 18.1 Å². The molecule has 0 saturated carbocycles. The third-order valence-corrected chi connectivity index (χ3v) is 4.38. The quantitative estimate of drug-likeness (QED) is 0.715. The van der Waals surface area contributed by atoms with Gasteiger partial charge in [-0.25, -0.2) is 8.78 Å².